The predicted octanol–water partition coefficient (Wildman–Crippen LogP) is 1.27. The molecule has 1 fully saturated rings. The van der Waals surface area contributed by atoms with Gasteiger partial charge in [0.15, 0.2) is 4.34 Å². The Hall–Kier alpha value is -0.660. The van der Waals surface area contributed by atoms with E-state index in [1.165, 1.54) is 23.1 Å². The molecule has 0 saturated carbocycles. The molecule has 2 rings (SSSR count). The van der Waals surface area contributed by atoms with Crippen LogP contribution >= 0.6 is 23.1 Å². The van der Waals surface area contributed by atoms with Gasteiger partial charge in [0.1, 0.15) is 5.51 Å². The summed E-state index contributed by atoms with van der Waals surface area (Å²) in [5, 5.41) is 7.64. The van der Waals surface area contributed by atoms with Crippen LogP contribution in [0.2, 0.25) is 0 Å². The molecule has 1 aliphatic rings. The monoisotopic (exact) mass is 273 g/mol. The molecule has 0 aromatic carbocycles. The number of morpholine rings is 1. The highest BCUT2D eigenvalue weighted by molar-refractivity contribution is 8.01. The Bertz CT molecular complexity index is 358. The number of rotatable bonds is 4. The average Bonchev–Trinajstić information content (AvgIpc) is 2.89. The lowest BCUT2D eigenvalue weighted by molar-refractivity contribution is -0.135. The fourth-order valence-corrected chi connectivity index (χ4v) is 3.02. The molecule has 0 aliphatic carbocycles. The molecule has 5 nitrogen and oxygen atoms in total. The van der Waals surface area contributed by atoms with Gasteiger partial charge in [-0.15, -0.1) is 10.2 Å². The van der Waals surface area contributed by atoms with E-state index in [9.17, 15) is 4.79 Å². The molecule has 1 aromatic heterocycles. The van der Waals surface area contributed by atoms with Crippen LogP contribution in [0.25, 0.3) is 0 Å². The second-order valence-electron chi connectivity index (χ2n) is 3.73. The van der Waals surface area contributed by atoms with Gasteiger partial charge in [-0.05, 0) is 6.42 Å². The molecule has 1 amide bonds. The third kappa shape index (κ3) is 3.65. The number of thioether (sulfide) groups is 1. The number of carbonyl (C=O) groups is 1. The van der Waals surface area contributed by atoms with Crippen LogP contribution in [0.15, 0.2) is 9.85 Å². The Morgan fingerprint density at radius 1 is 1.76 bits per heavy atom. The Morgan fingerprint density at radius 2 is 2.65 bits per heavy atom. The molecule has 2 heterocycles. The topological polar surface area (TPSA) is 55.3 Å². The third-order valence-corrected chi connectivity index (χ3v) is 4.45. The summed E-state index contributed by atoms with van der Waals surface area (Å²) in [5.74, 6) is 0.595. The van der Waals surface area contributed by atoms with Crippen LogP contribution in [0.1, 0.15) is 13.3 Å². The van der Waals surface area contributed by atoms with E-state index in [2.05, 4.69) is 17.1 Å². The van der Waals surface area contributed by atoms with Crippen molar-refractivity contribution in [2.24, 2.45) is 0 Å². The maximum Gasteiger partial charge on any atom is 0.233 e. The van der Waals surface area contributed by atoms with E-state index in [1.807, 2.05) is 4.90 Å². The summed E-state index contributed by atoms with van der Waals surface area (Å²) < 4.78 is 6.38. The lowest BCUT2D eigenvalue weighted by Gasteiger charge is -2.32. The largest absolute Gasteiger partial charge is 0.375 e. The first-order valence-electron chi connectivity index (χ1n) is 5.58. The molecule has 1 aromatic rings. The number of ether oxygens (including phenoxy) is 1. The van der Waals surface area contributed by atoms with Gasteiger partial charge in [0.2, 0.25) is 5.91 Å². The van der Waals surface area contributed by atoms with Crippen LogP contribution in [0.4, 0.5) is 0 Å². The lowest BCUT2D eigenvalue weighted by atomic mass is 10.2. The van der Waals surface area contributed by atoms with Crippen LogP contribution in [-0.2, 0) is 9.53 Å². The van der Waals surface area contributed by atoms with Crippen molar-refractivity contribution in [2.45, 2.75) is 23.8 Å². The number of aromatic nitrogens is 2. The van der Waals surface area contributed by atoms with Crippen molar-refractivity contribution in [3.63, 3.8) is 0 Å². The standard InChI is InChI=1S/C10H15N3O2S2/c1-2-8-5-13(3-4-15-8)9(14)6-16-10-12-11-7-17-10/h7-8H,2-6H2,1H3/t8-/m0/s1. The highest BCUT2D eigenvalue weighted by Gasteiger charge is 2.23. The highest BCUT2D eigenvalue weighted by atomic mass is 32.2. The zero-order chi connectivity index (χ0) is 12.1. The van der Waals surface area contributed by atoms with Gasteiger partial charge in [-0.3, -0.25) is 4.79 Å². The van der Waals surface area contributed by atoms with Gasteiger partial charge in [0.05, 0.1) is 18.5 Å². The van der Waals surface area contributed by atoms with Gasteiger partial charge >= 0.3 is 0 Å². The molecule has 0 unspecified atom stereocenters. The quantitative estimate of drug-likeness (QED) is 0.773. The Kier molecular flexibility index (Phi) is 4.75. The van der Waals surface area contributed by atoms with Gasteiger partial charge in [-0.1, -0.05) is 30.0 Å². The normalized spacial score (nSPS) is 20.5. The van der Waals surface area contributed by atoms with Crippen molar-refractivity contribution >= 4 is 29.0 Å². The van der Waals surface area contributed by atoms with Crippen LogP contribution in [0.5, 0.6) is 0 Å². The van der Waals surface area contributed by atoms with E-state index in [0.29, 0.717) is 25.4 Å². The van der Waals surface area contributed by atoms with E-state index in [4.69, 9.17) is 4.74 Å². The minimum absolute atomic E-state index is 0.159. The van der Waals surface area contributed by atoms with Gasteiger partial charge < -0.3 is 9.64 Å². The lowest BCUT2D eigenvalue weighted by Crippen LogP contribution is -2.46. The maximum atomic E-state index is 12.0. The van der Waals surface area contributed by atoms with E-state index < -0.39 is 0 Å². The van der Waals surface area contributed by atoms with Gasteiger partial charge in [-0.25, -0.2) is 0 Å². The summed E-state index contributed by atoms with van der Waals surface area (Å²) in [6.07, 6.45) is 1.15. The van der Waals surface area contributed by atoms with Crippen LogP contribution < -0.4 is 0 Å². The van der Waals surface area contributed by atoms with Gasteiger partial charge in [0, 0.05) is 13.1 Å². The van der Waals surface area contributed by atoms with Crippen molar-refractivity contribution in [1.29, 1.82) is 0 Å². The number of hydrogen-bond acceptors (Lipinski definition) is 6. The summed E-state index contributed by atoms with van der Waals surface area (Å²) in [5.41, 5.74) is 1.68. The zero-order valence-corrected chi connectivity index (χ0v) is 11.3. The van der Waals surface area contributed by atoms with Crippen molar-refractivity contribution < 1.29 is 9.53 Å². The first kappa shape index (κ1) is 12.8. The van der Waals surface area contributed by atoms with Crippen LogP contribution in [0.3, 0.4) is 0 Å². The fraction of sp³-hybridized carbons (Fsp3) is 0.700. The number of carbonyl (C=O) groups excluding carboxylic acids is 1. The van der Waals surface area contributed by atoms with Gasteiger partial charge in [-0.2, -0.15) is 0 Å². The predicted molar refractivity (Wildman–Crippen MR) is 67.2 cm³/mol. The molecular weight excluding hydrogens is 258 g/mol. The fourth-order valence-electron chi connectivity index (χ4n) is 1.63. The van der Waals surface area contributed by atoms with E-state index in [1.54, 1.807) is 5.51 Å². The molecule has 1 saturated heterocycles. The second-order valence-corrected chi connectivity index (χ2v) is 5.79. The van der Waals surface area contributed by atoms with Crippen molar-refractivity contribution in [2.75, 3.05) is 25.4 Å². The third-order valence-electron chi connectivity index (χ3n) is 2.61. The molecule has 0 bridgehead atoms. The first-order chi connectivity index (χ1) is 8.29. The van der Waals surface area contributed by atoms with E-state index >= 15 is 0 Å². The molecule has 0 N–H and O–H groups in total. The summed E-state index contributed by atoms with van der Waals surface area (Å²) >= 11 is 2.91. The molecular formula is C10H15N3O2S2. The summed E-state index contributed by atoms with van der Waals surface area (Å²) in [6.45, 7) is 4.14. The molecule has 17 heavy (non-hydrogen) atoms. The van der Waals surface area contributed by atoms with Crippen LogP contribution in [0, 0.1) is 0 Å². The maximum absolute atomic E-state index is 12.0. The van der Waals surface area contributed by atoms with Crippen molar-refractivity contribution in [3.05, 3.63) is 5.51 Å². The Labute approximate surface area is 109 Å². The van der Waals surface area contributed by atoms with Crippen molar-refractivity contribution in [3.8, 4) is 0 Å². The Morgan fingerprint density at radius 3 is 3.35 bits per heavy atom. The number of hydrogen-bond donors (Lipinski definition) is 0. The molecule has 0 radical (unpaired) electrons. The van der Waals surface area contributed by atoms with E-state index in [-0.39, 0.29) is 12.0 Å². The summed E-state index contributed by atoms with van der Waals surface area (Å²) in [4.78, 5) is 13.8. The van der Waals surface area contributed by atoms with Gasteiger partial charge in [0.25, 0.3) is 0 Å². The SMILES string of the molecule is CC[C@H]1CN(C(=O)CSc2nncs2)CCO1. The summed E-state index contributed by atoms with van der Waals surface area (Å²) in [7, 11) is 0. The molecule has 0 spiro atoms. The smallest absolute Gasteiger partial charge is 0.233 e. The second kappa shape index (κ2) is 6.32. The first-order valence-corrected chi connectivity index (χ1v) is 7.44. The number of nitrogens with zero attached hydrogens (tertiary/aromatic N) is 3. The summed E-state index contributed by atoms with van der Waals surface area (Å²) in [6, 6.07) is 0. The number of amides is 1. The molecule has 7 heteroatoms. The average molecular weight is 273 g/mol. The van der Waals surface area contributed by atoms with Crippen molar-refractivity contribution in [1.82, 2.24) is 15.1 Å². The molecule has 94 valence electrons. The molecule has 1 aliphatic heterocycles. The minimum atomic E-state index is 0.159. The zero-order valence-electron chi connectivity index (χ0n) is 9.66. The van der Waals surface area contributed by atoms with Crippen LogP contribution in [-0.4, -0.2) is 52.6 Å². The van der Waals surface area contributed by atoms with E-state index in [0.717, 1.165) is 10.8 Å². The molecule has 1 atom stereocenters. The highest BCUT2D eigenvalue weighted by Crippen LogP contribution is 2.19. The Balaban J connectivity index is 1.79. The minimum Gasteiger partial charge on any atom is -0.375 e.